The van der Waals surface area contributed by atoms with Crippen LogP contribution in [0.5, 0.6) is 0 Å². The van der Waals surface area contributed by atoms with Crippen molar-refractivity contribution in [2.75, 3.05) is 11.9 Å². The van der Waals surface area contributed by atoms with Gasteiger partial charge in [-0.15, -0.1) is 0 Å². The van der Waals surface area contributed by atoms with Crippen molar-refractivity contribution >= 4 is 33.7 Å². The molecule has 0 radical (unpaired) electrons. The van der Waals surface area contributed by atoms with Crippen LogP contribution in [0.15, 0.2) is 47.2 Å². The number of para-hydroxylation sites is 1. The lowest BCUT2D eigenvalue weighted by Gasteiger charge is -2.20. The second kappa shape index (κ2) is 9.77. The second-order valence-corrected chi connectivity index (χ2v) is 9.45. The van der Waals surface area contributed by atoms with Gasteiger partial charge in [0.15, 0.2) is 11.0 Å². The molecule has 0 bridgehead atoms. The van der Waals surface area contributed by atoms with E-state index in [0.29, 0.717) is 17.3 Å². The highest BCUT2D eigenvalue weighted by molar-refractivity contribution is 5.86. The first kappa shape index (κ1) is 23.9. The lowest BCUT2D eigenvalue weighted by molar-refractivity contribution is -0.839. The Bertz CT molecular complexity index is 1630. The van der Waals surface area contributed by atoms with Crippen LogP contribution in [0.25, 0.3) is 27.9 Å². The van der Waals surface area contributed by atoms with Gasteiger partial charge in [0.05, 0.1) is 34.4 Å². The fourth-order valence-corrected chi connectivity index (χ4v) is 4.50. The predicted molar refractivity (Wildman–Crippen MR) is 137 cm³/mol. The number of carbonyl (C=O) groups is 1. The third-order valence-corrected chi connectivity index (χ3v) is 6.81. The molecule has 0 aliphatic heterocycles. The van der Waals surface area contributed by atoms with Crippen LogP contribution >= 0.6 is 0 Å². The van der Waals surface area contributed by atoms with E-state index in [1.54, 1.807) is 13.1 Å². The molecule has 12 nitrogen and oxygen atoms in total. The number of carbonyl (C=O) groups excluding carboxylic acids is 1. The molecule has 1 unspecified atom stereocenters. The van der Waals surface area contributed by atoms with E-state index in [4.69, 9.17) is 19.2 Å². The number of benzene rings is 1. The summed E-state index contributed by atoms with van der Waals surface area (Å²) in [6.07, 6.45) is 6.74. The largest absolute Gasteiger partial charge is 0.458 e. The minimum atomic E-state index is -0.708. The van der Waals surface area contributed by atoms with Crippen molar-refractivity contribution in [3.63, 3.8) is 0 Å². The molecule has 1 aliphatic rings. The van der Waals surface area contributed by atoms with Crippen LogP contribution < -0.4 is 10.2 Å². The third-order valence-electron chi connectivity index (χ3n) is 6.81. The smallest absolute Gasteiger partial charge is 0.444 e. The number of hydrogen-bond donors (Lipinski definition) is 1. The van der Waals surface area contributed by atoms with Crippen molar-refractivity contribution in [1.29, 1.82) is 0 Å². The van der Waals surface area contributed by atoms with Crippen LogP contribution in [0.1, 0.15) is 68.4 Å². The Hall–Kier alpha value is -4.48. The number of esters is 1. The zero-order valence-electron chi connectivity index (χ0n) is 21.4. The number of nitrogens with one attached hydrogen (secondary N) is 1. The lowest BCUT2D eigenvalue weighted by atomic mass is 10.0. The van der Waals surface area contributed by atoms with E-state index in [2.05, 4.69) is 51.7 Å². The van der Waals surface area contributed by atoms with Gasteiger partial charge in [0, 0.05) is 22.7 Å². The molecule has 4 heterocycles. The minimum Gasteiger partial charge on any atom is -0.458 e. The Labute approximate surface area is 218 Å². The van der Waals surface area contributed by atoms with E-state index in [-0.39, 0.29) is 30.5 Å². The molecule has 4 aromatic heterocycles. The number of nitrogens with zero attached hydrogens (tertiary/aromatic N) is 8. The van der Waals surface area contributed by atoms with E-state index in [1.807, 2.05) is 29.1 Å². The maximum atomic E-state index is 12.1. The van der Waals surface area contributed by atoms with Crippen molar-refractivity contribution in [2.45, 2.75) is 52.1 Å². The van der Waals surface area contributed by atoms with E-state index in [1.165, 1.54) is 0 Å². The van der Waals surface area contributed by atoms with Gasteiger partial charge in [-0.3, -0.25) is 14.2 Å². The molecular weight excluding hydrogens is 486 g/mol. The molecule has 0 spiro atoms. The number of fused-ring (bicyclic) bond motifs is 2. The van der Waals surface area contributed by atoms with E-state index < -0.39 is 5.97 Å². The van der Waals surface area contributed by atoms with Gasteiger partial charge >= 0.3 is 17.8 Å². The number of ether oxygens (including phenoxy) is 1. The monoisotopic (exact) mass is 514 g/mol. The highest BCUT2D eigenvalue weighted by Crippen LogP contribution is 2.43. The molecule has 1 aliphatic carbocycles. The number of hydrogen-bond acceptors (Lipinski definition) is 10. The Morgan fingerprint density at radius 3 is 2.84 bits per heavy atom. The second-order valence-electron chi connectivity index (χ2n) is 9.45. The Morgan fingerprint density at radius 2 is 2.05 bits per heavy atom. The number of rotatable bonds is 9. The maximum Gasteiger partial charge on any atom is 0.444 e. The van der Waals surface area contributed by atoms with Gasteiger partial charge in [-0.05, 0) is 56.7 Å². The van der Waals surface area contributed by atoms with E-state index >= 15 is 0 Å². The van der Waals surface area contributed by atoms with Crippen LogP contribution in [0.2, 0.25) is 0 Å². The van der Waals surface area contributed by atoms with Gasteiger partial charge in [-0.1, -0.05) is 35.1 Å². The molecule has 1 saturated carbocycles. The van der Waals surface area contributed by atoms with E-state index in [0.717, 1.165) is 46.1 Å². The summed E-state index contributed by atoms with van der Waals surface area (Å²) >= 11 is 0. The highest BCUT2D eigenvalue weighted by atomic mass is 16.6. The summed E-state index contributed by atoms with van der Waals surface area (Å²) in [6.45, 7) is 6.11. The molecule has 1 N–H and O–H groups in total. The van der Waals surface area contributed by atoms with Gasteiger partial charge in [0.1, 0.15) is 0 Å². The zero-order valence-corrected chi connectivity index (χ0v) is 21.4. The van der Waals surface area contributed by atoms with Gasteiger partial charge < -0.3 is 10.1 Å². The van der Waals surface area contributed by atoms with Crippen molar-refractivity contribution < 1.29 is 18.9 Å². The molecule has 12 heteroatoms. The van der Waals surface area contributed by atoms with Crippen LogP contribution in [0.4, 0.5) is 5.82 Å². The van der Waals surface area contributed by atoms with Crippen molar-refractivity contribution in [1.82, 2.24) is 35.0 Å². The molecular formula is C26H28N9O3+. The number of pyridine rings is 1. The molecule has 6 rings (SSSR count). The summed E-state index contributed by atoms with van der Waals surface area (Å²) in [5, 5.41) is 17.1. The zero-order chi connectivity index (χ0) is 26.2. The average molecular weight is 515 g/mol. The van der Waals surface area contributed by atoms with Crippen molar-refractivity contribution in [2.24, 2.45) is 5.92 Å². The summed E-state index contributed by atoms with van der Waals surface area (Å²) in [6, 6.07) is 10.4. The van der Waals surface area contributed by atoms with Gasteiger partial charge in [-0.2, -0.15) is 5.10 Å². The summed E-state index contributed by atoms with van der Waals surface area (Å²) in [5.74, 6) is 0.172. The quantitative estimate of drug-likeness (QED) is 0.229. The molecule has 194 valence electrons. The number of anilines is 1. The van der Waals surface area contributed by atoms with Gasteiger partial charge in [0.2, 0.25) is 5.82 Å². The Kier molecular flexibility index (Phi) is 6.14. The molecule has 1 fully saturated rings. The Morgan fingerprint density at radius 1 is 1.21 bits per heavy atom. The summed E-state index contributed by atoms with van der Waals surface area (Å²) in [7, 11) is 0. The number of aromatic nitrogens is 8. The van der Waals surface area contributed by atoms with Crippen LogP contribution in [0, 0.1) is 5.92 Å². The molecule has 5 aromatic rings. The first-order chi connectivity index (χ1) is 18.6. The topological polar surface area (TPSA) is 138 Å². The molecule has 0 saturated heterocycles. The van der Waals surface area contributed by atoms with Crippen molar-refractivity contribution in [3.05, 3.63) is 54.2 Å². The SMILES string of the molecule is CCOC(=O)c1nn[n+](-c2nc(N[C@@H](c3cnc4ccccc4c3)C3CC3)c3c(cnn3C(C)CC)n2)o1. The van der Waals surface area contributed by atoms with Crippen LogP contribution in [-0.2, 0) is 4.74 Å². The molecule has 0 amide bonds. The van der Waals surface area contributed by atoms with E-state index in [9.17, 15) is 4.79 Å². The molecule has 38 heavy (non-hydrogen) atoms. The predicted octanol–water partition coefficient (Wildman–Crippen LogP) is 3.75. The van der Waals surface area contributed by atoms with Gasteiger partial charge in [-0.25, -0.2) is 4.79 Å². The molecule has 1 aromatic carbocycles. The normalized spacial score (nSPS) is 15.0. The third kappa shape index (κ3) is 4.42. The fraction of sp³-hybridized carbons (Fsp3) is 0.385. The maximum absolute atomic E-state index is 12.1. The standard InChI is InChI=1S/C26H27N9O3/c1-4-15(3)34-22-20(14-28-34)29-26(35-33-32-24(38-35)25(36)37-5-2)31-23(22)30-21(16-10-11-16)18-12-17-8-6-7-9-19(17)27-13-18/h6-9,12-16,21H,4-5,10-11H2,1-3H3/p+1/t15?,21-/m1/s1. The van der Waals surface area contributed by atoms with Crippen LogP contribution in [0.3, 0.4) is 0 Å². The van der Waals surface area contributed by atoms with Gasteiger partial charge in [0.25, 0.3) is 0 Å². The van der Waals surface area contributed by atoms with Crippen LogP contribution in [-0.4, -0.2) is 47.6 Å². The minimum absolute atomic E-state index is 0.0129. The first-order valence-corrected chi connectivity index (χ1v) is 12.9. The molecule has 2 atom stereocenters. The first-order valence-electron chi connectivity index (χ1n) is 12.9. The highest BCUT2D eigenvalue weighted by Gasteiger charge is 2.35. The van der Waals surface area contributed by atoms with Crippen molar-refractivity contribution in [3.8, 4) is 5.95 Å². The lowest BCUT2D eigenvalue weighted by Crippen LogP contribution is -2.35. The summed E-state index contributed by atoms with van der Waals surface area (Å²) in [5.41, 5.74) is 3.45. The summed E-state index contributed by atoms with van der Waals surface area (Å²) < 4.78 is 12.4. The summed E-state index contributed by atoms with van der Waals surface area (Å²) in [4.78, 5) is 27.2. The Balaban J connectivity index is 1.44. The average Bonchev–Trinajstić information content (AvgIpc) is 3.48. The fourth-order valence-electron chi connectivity index (χ4n) is 4.50.